The summed E-state index contributed by atoms with van der Waals surface area (Å²) < 4.78 is 0. The molecule has 0 spiro atoms. The summed E-state index contributed by atoms with van der Waals surface area (Å²) in [4.78, 5) is 22.2. The maximum atomic E-state index is 9.55. The third-order valence-electron chi connectivity index (χ3n) is 2.63. The number of nitrogens with two attached hydrogens (primary N) is 1. The number of nitrogens with one attached hydrogen (secondary N) is 1. The fourth-order valence-corrected chi connectivity index (χ4v) is 2.02. The number of rotatable bonds is 4. The first-order valence-electron chi connectivity index (χ1n) is 6.18. The van der Waals surface area contributed by atoms with E-state index in [0.29, 0.717) is 23.7 Å². The van der Waals surface area contributed by atoms with Gasteiger partial charge in [-0.2, -0.15) is 0 Å². The molecule has 7 nitrogen and oxygen atoms in total. The van der Waals surface area contributed by atoms with E-state index < -0.39 is 11.9 Å². The molecule has 0 aliphatic rings. The molecule has 0 bridgehead atoms. The summed E-state index contributed by atoms with van der Waals surface area (Å²) in [5.74, 6) is -2.41. The highest BCUT2D eigenvalue weighted by Gasteiger charge is 2.09. The molecule has 0 aliphatic carbocycles. The highest BCUT2D eigenvalue weighted by Crippen LogP contribution is 2.33. The molecule has 1 heterocycles. The van der Waals surface area contributed by atoms with Crippen LogP contribution in [0, 0.1) is 0 Å². The van der Waals surface area contributed by atoms with Crippen LogP contribution in [0.15, 0.2) is 30.5 Å². The monoisotopic (exact) mass is 326 g/mol. The molecule has 0 aliphatic heterocycles. The Morgan fingerprint density at radius 1 is 1.23 bits per heavy atom. The minimum atomic E-state index is -1.26. The third-order valence-corrected chi connectivity index (χ3v) is 3.01. The van der Waals surface area contributed by atoms with E-state index in [1.807, 2.05) is 6.20 Å². The van der Waals surface area contributed by atoms with Crippen molar-refractivity contribution < 1.29 is 24.9 Å². The SMILES string of the molecule is NCCc1c[nH]c2ccc(O)c(Cl)c12.O=C(O)/C=C/C(=O)O. The summed E-state index contributed by atoms with van der Waals surface area (Å²) in [5.41, 5.74) is 7.45. The van der Waals surface area contributed by atoms with Gasteiger partial charge in [0.1, 0.15) is 5.75 Å². The molecule has 0 unspecified atom stereocenters. The topological polar surface area (TPSA) is 137 Å². The van der Waals surface area contributed by atoms with Crippen LogP contribution in [0.2, 0.25) is 5.02 Å². The zero-order valence-electron chi connectivity index (χ0n) is 11.4. The highest BCUT2D eigenvalue weighted by atomic mass is 35.5. The molecule has 1 aromatic carbocycles. The Morgan fingerprint density at radius 2 is 1.82 bits per heavy atom. The number of hydrogen-bond acceptors (Lipinski definition) is 4. The molecule has 118 valence electrons. The second kappa shape index (κ2) is 8.06. The Morgan fingerprint density at radius 3 is 2.32 bits per heavy atom. The fraction of sp³-hybridized carbons (Fsp3) is 0.143. The zero-order chi connectivity index (χ0) is 16.7. The minimum Gasteiger partial charge on any atom is -0.506 e. The number of aliphatic carboxylic acids is 2. The second-order valence-electron chi connectivity index (χ2n) is 4.18. The molecule has 22 heavy (non-hydrogen) atoms. The summed E-state index contributed by atoms with van der Waals surface area (Å²) >= 11 is 6.00. The van der Waals surface area contributed by atoms with Crippen LogP contribution < -0.4 is 5.73 Å². The van der Waals surface area contributed by atoms with Crippen LogP contribution in [0.3, 0.4) is 0 Å². The Bertz CT molecular complexity index is 693. The highest BCUT2D eigenvalue weighted by molar-refractivity contribution is 6.37. The van der Waals surface area contributed by atoms with Gasteiger partial charge in [0.05, 0.1) is 5.02 Å². The number of phenolic OH excluding ortho intramolecular Hbond substituents is 1. The van der Waals surface area contributed by atoms with Crippen molar-refractivity contribution in [3.05, 3.63) is 41.1 Å². The van der Waals surface area contributed by atoms with Crippen molar-refractivity contribution in [3.63, 3.8) is 0 Å². The number of carbonyl (C=O) groups is 2. The Hall–Kier alpha value is -2.51. The zero-order valence-corrected chi connectivity index (χ0v) is 12.2. The molecule has 2 rings (SSSR count). The number of benzene rings is 1. The van der Waals surface area contributed by atoms with Crippen molar-refractivity contribution in [1.29, 1.82) is 0 Å². The van der Waals surface area contributed by atoms with Gasteiger partial charge < -0.3 is 26.0 Å². The van der Waals surface area contributed by atoms with Gasteiger partial charge in [-0.1, -0.05) is 11.6 Å². The van der Waals surface area contributed by atoms with Crippen molar-refractivity contribution in [2.24, 2.45) is 5.73 Å². The Kier molecular flexibility index (Phi) is 6.43. The lowest BCUT2D eigenvalue weighted by Gasteiger charge is -2.00. The molecule has 0 atom stereocenters. The molecule has 6 N–H and O–H groups in total. The number of aromatic nitrogens is 1. The van der Waals surface area contributed by atoms with Crippen molar-refractivity contribution in [1.82, 2.24) is 4.98 Å². The molecule has 0 saturated heterocycles. The number of hydrogen-bond donors (Lipinski definition) is 5. The standard InChI is InChI=1S/C10H11ClN2O.C4H4O4/c11-10-8(14)2-1-7-9(10)6(3-4-12)5-13-7;5-3(6)1-2-4(7)8/h1-2,5,13-14H,3-4,12H2;1-2H,(H,5,6)(H,7,8)/b;2-1+. The van der Waals surface area contributed by atoms with Crippen LogP contribution >= 0.6 is 11.6 Å². The maximum Gasteiger partial charge on any atom is 0.328 e. The number of fused-ring (bicyclic) bond motifs is 1. The number of aromatic hydroxyl groups is 1. The van der Waals surface area contributed by atoms with Gasteiger partial charge in [-0.05, 0) is 30.7 Å². The quantitative estimate of drug-likeness (QED) is 0.543. The van der Waals surface area contributed by atoms with E-state index in [0.717, 1.165) is 22.9 Å². The summed E-state index contributed by atoms with van der Waals surface area (Å²) in [6.07, 6.45) is 3.75. The van der Waals surface area contributed by atoms with Crippen LogP contribution in [0.5, 0.6) is 5.75 Å². The van der Waals surface area contributed by atoms with Crippen molar-refractivity contribution in [2.75, 3.05) is 6.54 Å². The van der Waals surface area contributed by atoms with Gasteiger partial charge in [-0.25, -0.2) is 9.59 Å². The molecule has 0 saturated carbocycles. The number of carboxylic acids is 2. The van der Waals surface area contributed by atoms with Crippen LogP contribution in [-0.4, -0.2) is 38.8 Å². The summed E-state index contributed by atoms with van der Waals surface area (Å²) in [6.45, 7) is 0.568. The summed E-state index contributed by atoms with van der Waals surface area (Å²) in [7, 11) is 0. The minimum absolute atomic E-state index is 0.108. The van der Waals surface area contributed by atoms with E-state index in [-0.39, 0.29) is 5.75 Å². The van der Waals surface area contributed by atoms with Crippen LogP contribution in [0.25, 0.3) is 10.9 Å². The first-order chi connectivity index (χ1) is 10.4. The number of aromatic amines is 1. The number of carboxylic acid groups (broad SMARTS) is 2. The van der Waals surface area contributed by atoms with E-state index >= 15 is 0 Å². The summed E-state index contributed by atoms with van der Waals surface area (Å²) in [6, 6.07) is 3.38. The van der Waals surface area contributed by atoms with Crippen molar-refractivity contribution in [3.8, 4) is 5.75 Å². The molecule has 8 heteroatoms. The van der Waals surface area contributed by atoms with E-state index in [9.17, 15) is 14.7 Å². The van der Waals surface area contributed by atoms with Crippen LogP contribution in [0.1, 0.15) is 5.56 Å². The van der Waals surface area contributed by atoms with E-state index in [1.54, 1.807) is 12.1 Å². The first kappa shape index (κ1) is 17.5. The molecule has 1 aromatic heterocycles. The van der Waals surface area contributed by atoms with Crippen molar-refractivity contribution >= 4 is 34.4 Å². The Balaban J connectivity index is 0.000000261. The molecule has 2 aromatic rings. The largest absolute Gasteiger partial charge is 0.506 e. The van der Waals surface area contributed by atoms with E-state index in [2.05, 4.69) is 4.98 Å². The predicted molar refractivity (Wildman–Crippen MR) is 82.1 cm³/mol. The smallest absolute Gasteiger partial charge is 0.328 e. The molecule has 0 fully saturated rings. The third kappa shape index (κ3) is 4.80. The first-order valence-corrected chi connectivity index (χ1v) is 6.56. The maximum absolute atomic E-state index is 9.55. The average molecular weight is 327 g/mol. The van der Waals surface area contributed by atoms with Crippen LogP contribution in [-0.2, 0) is 16.0 Å². The molecular weight excluding hydrogens is 312 g/mol. The second-order valence-corrected chi connectivity index (χ2v) is 4.56. The van der Waals surface area contributed by atoms with Gasteiger partial charge in [0, 0.05) is 29.3 Å². The van der Waals surface area contributed by atoms with Gasteiger partial charge >= 0.3 is 11.9 Å². The Labute approximate surface area is 130 Å². The number of H-pyrrole nitrogens is 1. The normalized spacial score (nSPS) is 10.5. The van der Waals surface area contributed by atoms with Gasteiger partial charge in [0.15, 0.2) is 0 Å². The number of phenols is 1. The van der Waals surface area contributed by atoms with E-state index in [4.69, 9.17) is 27.5 Å². The lowest BCUT2D eigenvalue weighted by molar-refractivity contribution is -0.134. The van der Waals surface area contributed by atoms with Gasteiger partial charge in [-0.3, -0.25) is 0 Å². The lowest BCUT2D eigenvalue weighted by atomic mass is 10.1. The van der Waals surface area contributed by atoms with Crippen LogP contribution in [0.4, 0.5) is 0 Å². The molecule has 0 radical (unpaired) electrons. The number of halogens is 1. The predicted octanol–water partition coefficient (Wildman–Crippen LogP) is 1.74. The van der Waals surface area contributed by atoms with Crippen molar-refractivity contribution in [2.45, 2.75) is 6.42 Å². The average Bonchev–Trinajstić information content (AvgIpc) is 2.86. The van der Waals surface area contributed by atoms with Gasteiger partial charge in [0.25, 0.3) is 0 Å². The fourth-order valence-electron chi connectivity index (χ4n) is 1.73. The van der Waals surface area contributed by atoms with Gasteiger partial charge in [0.2, 0.25) is 0 Å². The van der Waals surface area contributed by atoms with E-state index in [1.165, 1.54) is 0 Å². The van der Waals surface area contributed by atoms with Gasteiger partial charge in [-0.15, -0.1) is 0 Å². The molecule has 0 amide bonds. The summed E-state index contributed by atoms with van der Waals surface area (Å²) in [5, 5.41) is 26.3. The lowest BCUT2D eigenvalue weighted by Crippen LogP contribution is -2.01. The molecular formula is C14H15ClN2O5.